The van der Waals surface area contributed by atoms with E-state index < -0.39 is 12.4 Å². The van der Waals surface area contributed by atoms with Crippen LogP contribution in [0.3, 0.4) is 0 Å². The van der Waals surface area contributed by atoms with Gasteiger partial charge in [-0.05, 0) is 56.1 Å². The van der Waals surface area contributed by atoms with E-state index in [4.69, 9.17) is 46.2 Å². The lowest BCUT2D eigenvalue weighted by Crippen LogP contribution is -2.29. The first-order valence-electron chi connectivity index (χ1n) is 11.7. The summed E-state index contributed by atoms with van der Waals surface area (Å²) in [6.07, 6.45) is 0. The number of aromatic nitrogens is 2. The van der Waals surface area contributed by atoms with E-state index in [1.807, 2.05) is 34.6 Å². The van der Waals surface area contributed by atoms with E-state index in [0.717, 1.165) is 27.8 Å². The highest BCUT2D eigenvalue weighted by molar-refractivity contribution is 8.67. The van der Waals surface area contributed by atoms with Crippen LogP contribution in [-0.4, -0.2) is 60.0 Å². The Balaban J connectivity index is 0.000000267. The zero-order valence-electron chi connectivity index (χ0n) is 22.4. The molecule has 0 fully saturated rings. The zero-order valence-corrected chi connectivity index (χ0v) is 26.6. The van der Waals surface area contributed by atoms with Crippen LogP contribution in [0.4, 0.5) is 0 Å². The third-order valence-corrected chi connectivity index (χ3v) is 12.8. The number of rotatable bonds is 12. The van der Waals surface area contributed by atoms with Crippen LogP contribution in [0.5, 0.6) is 5.88 Å². The number of nitrogens with zero attached hydrogens (tertiary/aromatic N) is 3. The normalized spacial score (nSPS) is 13.4. The highest BCUT2D eigenvalue weighted by Crippen LogP contribution is 2.60. The van der Waals surface area contributed by atoms with Crippen molar-refractivity contribution in [1.82, 2.24) is 14.9 Å². The first-order chi connectivity index (χ1) is 17.9. The molecule has 0 saturated carbocycles. The van der Waals surface area contributed by atoms with Gasteiger partial charge in [-0.15, -0.1) is 0 Å². The fraction of sp³-hybridized carbons (Fsp3) is 0.478. The number of imide groups is 1. The maximum Gasteiger partial charge on any atom is 0.381 e. The van der Waals surface area contributed by atoms with E-state index in [1.54, 1.807) is 30.3 Å². The Morgan fingerprint density at radius 1 is 0.974 bits per heavy atom. The second-order valence-corrected chi connectivity index (χ2v) is 17.3. The molecule has 0 atom stereocenters. The lowest BCUT2D eigenvalue weighted by atomic mass is 10.1. The number of carbonyl (C=O) groups is 2. The van der Waals surface area contributed by atoms with Gasteiger partial charge in [0.1, 0.15) is 5.82 Å². The highest BCUT2D eigenvalue weighted by Gasteiger charge is 2.36. The van der Waals surface area contributed by atoms with Crippen molar-refractivity contribution < 1.29 is 32.2 Å². The molecule has 1 aliphatic heterocycles. The zero-order chi connectivity index (χ0) is 28.5. The first kappa shape index (κ1) is 32.9. The average molecular weight is 622 g/mol. The number of amides is 2. The second kappa shape index (κ2) is 14.9. The molecular formula is C23H33N3O7P2S3. The van der Waals surface area contributed by atoms with Gasteiger partial charge in [0.25, 0.3) is 11.8 Å². The predicted molar refractivity (Wildman–Crippen MR) is 157 cm³/mol. The van der Waals surface area contributed by atoms with Crippen molar-refractivity contribution in [2.75, 3.05) is 33.3 Å². The van der Waals surface area contributed by atoms with Crippen LogP contribution in [0.15, 0.2) is 30.3 Å². The van der Waals surface area contributed by atoms with Gasteiger partial charge in [-0.25, -0.2) is 4.98 Å². The fourth-order valence-corrected chi connectivity index (χ4v) is 7.73. The van der Waals surface area contributed by atoms with Crippen molar-refractivity contribution in [3.05, 3.63) is 53.0 Å². The summed E-state index contributed by atoms with van der Waals surface area (Å²) < 4.78 is 26.8. The number of benzene rings is 1. The third-order valence-electron chi connectivity index (χ3n) is 4.81. The van der Waals surface area contributed by atoms with Gasteiger partial charge in [-0.1, -0.05) is 26.0 Å². The molecule has 0 N–H and O–H groups in total. The van der Waals surface area contributed by atoms with Crippen LogP contribution in [-0.2, 0) is 41.7 Å². The predicted octanol–water partition coefficient (Wildman–Crippen LogP) is 6.08. The molecule has 0 unspecified atom stereocenters. The number of carbonyl (C=O) groups excluding carboxylic acids is 2. The van der Waals surface area contributed by atoms with E-state index in [-0.39, 0.29) is 23.6 Å². The van der Waals surface area contributed by atoms with Gasteiger partial charge in [0.2, 0.25) is 11.6 Å². The second-order valence-electron chi connectivity index (χ2n) is 7.89. The Hall–Kier alpha value is -1.27. The third kappa shape index (κ3) is 8.87. The van der Waals surface area contributed by atoms with Crippen LogP contribution < -0.4 is 4.52 Å². The Morgan fingerprint density at radius 2 is 1.50 bits per heavy atom. The molecule has 0 radical (unpaired) electrons. The molecule has 0 aliphatic carbocycles. The standard InChI is InChI=1S/C12H21N2O3PS.C11H12NO4PS2/c1-6-15-18(19,16-7-2)17-11-8-10(5)13-12(14-11)9(3)4;1-15-17(18,16-2)19-7-12-10(13)8-5-3-4-6-9(8)11(12)14/h8-9H,6-7H2,1-5H3;3-6H,7H2,1-2H3. The fourth-order valence-electron chi connectivity index (χ4n) is 3.05. The molecule has 0 bridgehead atoms. The lowest BCUT2D eigenvalue weighted by Gasteiger charge is -2.20. The summed E-state index contributed by atoms with van der Waals surface area (Å²) in [5, 5.41) is 0. The van der Waals surface area contributed by atoms with E-state index >= 15 is 0 Å². The first-order valence-corrected chi connectivity index (χ1v) is 18.5. The molecule has 0 spiro atoms. The highest BCUT2D eigenvalue weighted by atomic mass is 32.9. The molecule has 1 aliphatic rings. The van der Waals surface area contributed by atoms with Crippen molar-refractivity contribution in [3.8, 4) is 5.88 Å². The summed E-state index contributed by atoms with van der Waals surface area (Å²) in [7, 11) is 2.92. The Morgan fingerprint density at radius 3 is 1.95 bits per heavy atom. The largest absolute Gasteiger partial charge is 0.406 e. The van der Waals surface area contributed by atoms with Gasteiger partial charge in [0, 0.05) is 43.7 Å². The van der Waals surface area contributed by atoms with Crippen LogP contribution >= 0.6 is 23.8 Å². The molecule has 1 aromatic carbocycles. The van der Waals surface area contributed by atoms with Gasteiger partial charge >= 0.3 is 6.72 Å². The summed E-state index contributed by atoms with van der Waals surface area (Å²) in [6.45, 7) is 7.78. The van der Waals surface area contributed by atoms with Crippen molar-refractivity contribution in [2.24, 2.45) is 0 Å². The minimum atomic E-state index is -2.77. The van der Waals surface area contributed by atoms with Gasteiger partial charge in [0.15, 0.2) is 0 Å². The number of fused-ring (bicyclic) bond motifs is 1. The van der Waals surface area contributed by atoms with Crippen LogP contribution in [0.1, 0.15) is 65.8 Å². The summed E-state index contributed by atoms with van der Waals surface area (Å²) >= 11 is 11.7. The molecule has 210 valence electrons. The van der Waals surface area contributed by atoms with Crippen LogP contribution in [0.25, 0.3) is 0 Å². The Bertz CT molecular complexity index is 1180. The maximum absolute atomic E-state index is 12.1. The molecular weight excluding hydrogens is 588 g/mol. The molecule has 38 heavy (non-hydrogen) atoms. The number of aryl methyl sites for hydroxylation is 1. The quantitative estimate of drug-likeness (QED) is 0.203. The van der Waals surface area contributed by atoms with Gasteiger partial charge in [0.05, 0.1) is 30.2 Å². The van der Waals surface area contributed by atoms with E-state index in [1.165, 1.54) is 14.2 Å². The van der Waals surface area contributed by atoms with E-state index in [2.05, 4.69) is 9.97 Å². The molecule has 1 aromatic heterocycles. The summed E-state index contributed by atoms with van der Waals surface area (Å²) in [5.74, 6) is 0.889. The van der Waals surface area contributed by atoms with Crippen molar-refractivity contribution in [1.29, 1.82) is 0 Å². The Kier molecular flexibility index (Phi) is 12.9. The molecule has 15 heteroatoms. The van der Waals surface area contributed by atoms with E-state index in [0.29, 0.717) is 30.2 Å². The molecule has 10 nitrogen and oxygen atoms in total. The SMILES string of the molecule is CCOP(=S)(OCC)Oc1cc(C)nc(C(C)C)n1.COP(=S)(OC)SCN1C(=O)c2ccccc2C1=O. The van der Waals surface area contributed by atoms with Gasteiger partial charge < -0.3 is 13.6 Å². The molecule has 2 amide bonds. The minimum Gasteiger partial charge on any atom is -0.406 e. The molecule has 3 rings (SSSR count). The smallest absolute Gasteiger partial charge is 0.381 e. The molecule has 0 saturated heterocycles. The van der Waals surface area contributed by atoms with Crippen LogP contribution in [0, 0.1) is 6.92 Å². The monoisotopic (exact) mass is 621 g/mol. The molecule has 2 heterocycles. The summed E-state index contributed by atoms with van der Waals surface area (Å²) in [5.41, 5.74) is -0.788. The number of hydrogen-bond donors (Lipinski definition) is 0. The van der Waals surface area contributed by atoms with Gasteiger partial charge in [-0.3, -0.25) is 23.5 Å². The van der Waals surface area contributed by atoms with E-state index in [9.17, 15) is 9.59 Å². The lowest BCUT2D eigenvalue weighted by molar-refractivity contribution is 0.0684. The number of hydrogen-bond acceptors (Lipinski definition) is 12. The van der Waals surface area contributed by atoms with Crippen molar-refractivity contribution in [2.45, 2.75) is 40.5 Å². The average Bonchev–Trinajstić information content (AvgIpc) is 3.12. The summed E-state index contributed by atoms with van der Waals surface area (Å²) in [4.78, 5) is 34.1. The molecule has 2 aromatic rings. The Labute approximate surface area is 238 Å². The summed E-state index contributed by atoms with van der Waals surface area (Å²) in [6, 6.07) is 8.49. The van der Waals surface area contributed by atoms with Crippen LogP contribution in [0.2, 0.25) is 0 Å². The van der Waals surface area contributed by atoms with Crippen molar-refractivity contribution >= 4 is 59.2 Å². The minimum absolute atomic E-state index is 0.130. The van der Waals surface area contributed by atoms with Crippen molar-refractivity contribution in [3.63, 3.8) is 0 Å². The van der Waals surface area contributed by atoms with Gasteiger partial charge in [-0.2, -0.15) is 4.98 Å². The topological polar surface area (TPSA) is 109 Å². The maximum atomic E-state index is 12.1.